The molecule has 0 unspecified atom stereocenters. The van der Waals surface area contributed by atoms with Gasteiger partial charge in [0.05, 0.1) is 5.75 Å². The molecule has 112 valence electrons. The minimum Gasteiger partial charge on any atom is -0.446 e. The molecule has 0 saturated carbocycles. The molecule has 0 spiro atoms. The Balaban J connectivity index is 2.37. The molecule has 1 aromatic carbocycles. The molecule has 0 radical (unpaired) electrons. The molecule has 0 aliphatic carbocycles. The molecule has 1 amide bonds. The normalized spacial score (nSPS) is 12.9. The topological polar surface area (TPSA) is 79.2 Å². The maximum absolute atomic E-state index is 12.7. The molecule has 1 aromatic rings. The van der Waals surface area contributed by atoms with E-state index < -0.39 is 17.3 Å². The molecule has 0 bridgehead atoms. The highest BCUT2D eigenvalue weighted by Crippen LogP contribution is 2.14. The van der Waals surface area contributed by atoms with E-state index in [1.54, 1.807) is 13.0 Å². The van der Waals surface area contributed by atoms with E-state index >= 15 is 0 Å². The molecule has 7 heteroatoms. The van der Waals surface area contributed by atoms with E-state index in [-0.39, 0.29) is 17.5 Å². The first-order chi connectivity index (χ1) is 9.92. The predicted octanol–water partition coefficient (Wildman–Crippen LogP) is 2.34. The predicted molar refractivity (Wildman–Crippen MR) is 78.1 cm³/mol. The van der Waals surface area contributed by atoms with Crippen LogP contribution in [0.15, 0.2) is 24.3 Å². The molecule has 2 atom stereocenters. The van der Waals surface area contributed by atoms with E-state index in [1.165, 1.54) is 31.2 Å². The van der Waals surface area contributed by atoms with Gasteiger partial charge in [0.2, 0.25) is 5.91 Å². The molecular weight excluding hydrogens is 295 g/mol. The fourth-order valence-corrected chi connectivity index (χ4v) is 1.96. The molecular formula is C14H15FN2O3S. The minimum atomic E-state index is -0.811. The first-order valence-corrected chi connectivity index (χ1v) is 7.24. The Morgan fingerprint density at radius 3 is 2.57 bits per heavy atom. The molecule has 1 rings (SSSR count). The van der Waals surface area contributed by atoms with Crippen LogP contribution in [0.2, 0.25) is 0 Å². The summed E-state index contributed by atoms with van der Waals surface area (Å²) in [6.45, 7) is 3.07. The zero-order valence-corrected chi connectivity index (χ0v) is 12.4. The standard InChI is InChI=1S/C14H15FN2O3S/c1-9(7-16)20-14(19)10(2)21-8-13(18)17-12-5-3-11(15)4-6-12/h3-6,9-10H,8H2,1-2H3,(H,17,18)/t9-,10-/m0/s1. The third kappa shape index (κ3) is 6.27. The van der Waals surface area contributed by atoms with Crippen LogP contribution >= 0.6 is 11.8 Å². The number of nitriles is 1. The van der Waals surface area contributed by atoms with Crippen LogP contribution in [0.1, 0.15) is 13.8 Å². The fourth-order valence-electron chi connectivity index (χ4n) is 1.30. The van der Waals surface area contributed by atoms with Crippen LogP contribution in [0, 0.1) is 17.1 Å². The van der Waals surface area contributed by atoms with Crippen LogP contribution in [-0.2, 0) is 14.3 Å². The number of halogens is 1. The van der Waals surface area contributed by atoms with Gasteiger partial charge in [-0.25, -0.2) is 4.39 Å². The average Bonchev–Trinajstić information content (AvgIpc) is 2.46. The zero-order valence-electron chi connectivity index (χ0n) is 11.6. The second-order valence-electron chi connectivity index (χ2n) is 4.22. The van der Waals surface area contributed by atoms with E-state index in [2.05, 4.69) is 5.32 Å². The Labute approximate surface area is 126 Å². The molecule has 0 heterocycles. The molecule has 0 aliphatic heterocycles. The van der Waals surface area contributed by atoms with Crippen molar-refractivity contribution in [3.63, 3.8) is 0 Å². The average molecular weight is 310 g/mol. The van der Waals surface area contributed by atoms with Gasteiger partial charge in [0.1, 0.15) is 17.1 Å². The van der Waals surface area contributed by atoms with Crippen LogP contribution in [0.5, 0.6) is 0 Å². The quantitative estimate of drug-likeness (QED) is 0.816. The summed E-state index contributed by atoms with van der Waals surface area (Å²) in [4.78, 5) is 23.2. The van der Waals surface area contributed by atoms with E-state index in [0.29, 0.717) is 5.69 Å². The van der Waals surface area contributed by atoms with Gasteiger partial charge in [-0.05, 0) is 38.1 Å². The maximum Gasteiger partial charge on any atom is 0.320 e. The zero-order chi connectivity index (χ0) is 15.8. The summed E-state index contributed by atoms with van der Waals surface area (Å²) in [6.07, 6.45) is -0.811. The minimum absolute atomic E-state index is 0.0502. The number of nitrogens with one attached hydrogen (secondary N) is 1. The van der Waals surface area contributed by atoms with Crippen molar-refractivity contribution in [3.8, 4) is 6.07 Å². The molecule has 1 N–H and O–H groups in total. The van der Waals surface area contributed by atoms with Gasteiger partial charge >= 0.3 is 5.97 Å². The highest BCUT2D eigenvalue weighted by Gasteiger charge is 2.18. The number of esters is 1. The summed E-state index contributed by atoms with van der Waals surface area (Å²) in [5, 5.41) is 10.6. The van der Waals surface area contributed by atoms with Gasteiger partial charge in [-0.2, -0.15) is 5.26 Å². The number of thioether (sulfide) groups is 1. The summed E-state index contributed by atoms with van der Waals surface area (Å²) in [6, 6.07) is 7.17. The number of anilines is 1. The largest absolute Gasteiger partial charge is 0.446 e. The highest BCUT2D eigenvalue weighted by atomic mass is 32.2. The summed E-state index contributed by atoms with van der Waals surface area (Å²) >= 11 is 1.10. The van der Waals surface area contributed by atoms with E-state index in [1.807, 2.05) is 0 Å². The third-order valence-electron chi connectivity index (χ3n) is 2.40. The number of ether oxygens (including phenoxy) is 1. The number of rotatable bonds is 6. The Kier molecular flexibility index (Phi) is 6.69. The first kappa shape index (κ1) is 17.0. The molecule has 0 aliphatic rings. The van der Waals surface area contributed by atoms with Crippen LogP contribution < -0.4 is 5.32 Å². The number of hydrogen-bond donors (Lipinski definition) is 1. The molecule has 0 saturated heterocycles. The number of carbonyl (C=O) groups excluding carboxylic acids is 2. The number of amides is 1. The van der Waals surface area contributed by atoms with E-state index in [9.17, 15) is 14.0 Å². The lowest BCUT2D eigenvalue weighted by Gasteiger charge is -2.12. The van der Waals surface area contributed by atoms with E-state index in [4.69, 9.17) is 10.00 Å². The van der Waals surface area contributed by atoms with Crippen molar-refractivity contribution in [2.45, 2.75) is 25.2 Å². The number of hydrogen-bond acceptors (Lipinski definition) is 5. The second kappa shape index (κ2) is 8.27. The molecule has 21 heavy (non-hydrogen) atoms. The summed E-state index contributed by atoms with van der Waals surface area (Å²) < 4.78 is 17.5. The lowest BCUT2D eigenvalue weighted by molar-refractivity contribution is -0.144. The summed E-state index contributed by atoms with van der Waals surface area (Å²) in [5.74, 6) is -1.18. The number of nitrogens with zero attached hydrogens (tertiary/aromatic N) is 1. The van der Waals surface area contributed by atoms with Crippen molar-refractivity contribution in [2.24, 2.45) is 0 Å². The van der Waals surface area contributed by atoms with Crippen LogP contribution in [0.3, 0.4) is 0 Å². The molecule has 5 nitrogen and oxygen atoms in total. The lowest BCUT2D eigenvalue weighted by Crippen LogP contribution is -2.24. The van der Waals surface area contributed by atoms with Crippen molar-refractivity contribution >= 4 is 29.3 Å². The van der Waals surface area contributed by atoms with Gasteiger partial charge in [0.25, 0.3) is 0 Å². The Morgan fingerprint density at radius 2 is 2.00 bits per heavy atom. The Hall–Kier alpha value is -2.07. The lowest BCUT2D eigenvalue weighted by atomic mass is 10.3. The van der Waals surface area contributed by atoms with Crippen molar-refractivity contribution < 1.29 is 18.7 Å². The summed E-state index contributed by atoms with van der Waals surface area (Å²) in [7, 11) is 0. The van der Waals surface area contributed by atoms with Crippen molar-refractivity contribution in [1.82, 2.24) is 0 Å². The van der Waals surface area contributed by atoms with Crippen LogP contribution in [0.25, 0.3) is 0 Å². The van der Waals surface area contributed by atoms with Crippen LogP contribution in [0.4, 0.5) is 10.1 Å². The van der Waals surface area contributed by atoms with Crippen molar-refractivity contribution in [1.29, 1.82) is 5.26 Å². The number of carbonyl (C=O) groups is 2. The van der Waals surface area contributed by atoms with Crippen molar-refractivity contribution in [3.05, 3.63) is 30.1 Å². The van der Waals surface area contributed by atoms with Gasteiger partial charge in [0.15, 0.2) is 6.10 Å². The molecule has 0 aromatic heterocycles. The maximum atomic E-state index is 12.7. The van der Waals surface area contributed by atoms with Crippen LogP contribution in [-0.4, -0.2) is 29.0 Å². The fraction of sp³-hybridized carbons (Fsp3) is 0.357. The smallest absolute Gasteiger partial charge is 0.320 e. The van der Waals surface area contributed by atoms with Gasteiger partial charge in [-0.1, -0.05) is 0 Å². The Bertz CT molecular complexity index is 542. The summed E-state index contributed by atoms with van der Waals surface area (Å²) in [5.41, 5.74) is 0.482. The van der Waals surface area contributed by atoms with Gasteiger partial charge < -0.3 is 10.1 Å². The Morgan fingerprint density at radius 1 is 1.38 bits per heavy atom. The first-order valence-electron chi connectivity index (χ1n) is 6.19. The number of benzene rings is 1. The SMILES string of the molecule is C[C@H](SCC(=O)Nc1ccc(F)cc1)C(=O)O[C@@H](C)C#N. The van der Waals surface area contributed by atoms with Gasteiger partial charge in [0, 0.05) is 5.69 Å². The van der Waals surface area contributed by atoms with Gasteiger partial charge in [-0.15, -0.1) is 11.8 Å². The third-order valence-corrected chi connectivity index (χ3v) is 3.52. The van der Waals surface area contributed by atoms with Crippen molar-refractivity contribution in [2.75, 3.05) is 11.1 Å². The highest BCUT2D eigenvalue weighted by molar-refractivity contribution is 8.01. The monoisotopic (exact) mass is 310 g/mol. The molecule has 0 fully saturated rings. The van der Waals surface area contributed by atoms with E-state index in [0.717, 1.165) is 11.8 Å². The van der Waals surface area contributed by atoms with Gasteiger partial charge in [-0.3, -0.25) is 9.59 Å². The second-order valence-corrected chi connectivity index (χ2v) is 5.55.